The van der Waals surface area contributed by atoms with Crippen molar-refractivity contribution >= 4 is 0 Å². The van der Waals surface area contributed by atoms with Gasteiger partial charge in [0.1, 0.15) is 0 Å². The average molecular weight is 459 g/mol. The first-order chi connectivity index (χ1) is 11.8. The second kappa shape index (κ2) is 15.7. The standard InChI is InChI=1S/C16H36IN4O3/c22-14-12-19-6-1-4-18-5-2-8-21(17-16-24)9-3-7-20(11-10-19)13-15-23/h18,22-24H,1-16H2/q-1. The molecule has 0 amide bonds. The molecule has 1 aliphatic rings. The number of hydrogen-bond acceptors (Lipinski definition) is 7. The Morgan fingerprint density at radius 1 is 0.708 bits per heavy atom. The molecule has 7 nitrogen and oxygen atoms in total. The SMILES string of the molecule is OCCN1CCCNCCCN([I-]CO)CCCN(CCO)CC1. The summed E-state index contributed by atoms with van der Waals surface area (Å²) in [6.07, 6.45) is 3.29. The molecule has 4 N–H and O–H groups in total. The topological polar surface area (TPSA) is 82.4 Å². The Labute approximate surface area is 157 Å². The molecule has 0 aliphatic carbocycles. The van der Waals surface area contributed by atoms with Gasteiger partial charge in [0, 0.05) is 0 Å². The van der Waals surface area contributed by atoms with Crippen molar-refractivity contribution in [3.8, 4) is 0 Å². The van der Waals surface area contributed by atoms with Gasteiger partial charge >= 0.3 is 158 Å². The third-order valence-corrected chi connectivity index (χ3v) is 6.48. The van der Waals surface area contributed by atoms with Crippen LogP contribution in [-0.4, -0.2) is 112 Å². The maximum absolute atomic E-state index is 9.29. The summed E-state index contributed by atoms with van der Waals surface area (Å²) in [5, 5.41) is 31.3. The van der Waals surface area contributed by atoms with Gasteiger partial charge in [0.25, 0.3) is 0 Å². The quantitative estimate of drug-likeness (QED) is 0.182. The molecular weight excluding hydrogens is 423 g/mol. The monoisotopic (exact) mass is 459 g/mol. The summed E-state index contributed by atoms with van der Waals surface area (Å²) in [4.78, 5) is 4.63. The number of aliphatic hydroxyl groups excluding tert-OH is 3. The van der Waals surface area contributed by atoms with Crippen LogP contribution in [0.3, 0.4) is 0 Å². The number of hydrogen-bond donors (Lipinski definition) is 4. The van der Waals surface area contributed by atoms with Crippen LogP contribution in [0.4, 0.5) is 0 Å². The molecule has 0 radical (unpaired) electrons. The van der Waals surface area contributed by atoms with E-state index in [1.54, 1.807) is 0 Å². The summed E-state index contributed by atoms with van der Waals surface area (Å²) >= 11 is -0.256. The van der Waals surface area contributed by atoms with E-state index in [1.165, 1.54) is 0 Å². The normalized spacial score (nSPS) is 22.3. The number of rotatable bonds is 6. The Morgan fingerprint density at radius 2 is 1.25 bits per heavy atom. The molecule has 1 heterocycles. The van der Waals surface area contributed by atoms with Crippen LogP contribution in [0.15, 0.2) is 0 Å². The van der Waals surface area contributed by atoms with Crippen LogP contribution in [0.5, 0.6) is 0 Å². The van der Waals surface area contributed by atoms with Gasteiger partial charge in [-0.2, -0.15) is 0 Å². The average Bonchev–Trinajstić information content (AvgIpc) is 2.58. The fourth-order valence-corrected chi connectivity index (χ4v) is 4.73. The van der Waals surface area contributed by atoms with E-state index in [9.17, 15) is 15.3 Å². The van der Waals surface area contributed by atoms with Gasteiger partial charge in [-0.05, 0) is 0 Å². The molecule has 1 aliphatic heterocycles. The Hall–Kier alpha value is 0.450. The zero-order chi connectivity index (χ0) is 17.5. The number of nitrogens with zero attached hydrogens (tertiary/aromatic N) is 3. The van der Waals surface area contributed by atoms with E-state index in [0.717, 1.165) is 78.2 Å². The first kappa shape index (κ1) is 22.5. The van der Waals surface area contributed by atoms with Crippen LogP contribution in [0, 0.1) is 0 Å². The molecule has 0 aromatic heterocycles. The predicted octanol–water partition coefficient (Wildman–Crippen LogP) is -4.40. The molecule has 1 saturated heterocycles. The first-order valence-corrected chi connectivity index (χ1v) is 11.6. The molecular formula is C16H36IN4O3-. The second-order valence-electron chi connectivity index (χ2n) is 6.09. The van der Waals surface area contributed by atoms with Gasteiger partial charge < -0.3 is 0 Å². The van der Waals surface area contributed by atoms with Crippen molar-refractivity contribution in [2.45, 2.75) is 19.3 Å². The molecule has 24 heavy (non-hydrogen) atoms. The number of β-amino-alcohol motifs (C(OH)–C–C–N with tert-alkyl or cyclic N) is 2. The van der Waals surface area contributed by atoms with Gasteiger partial charge in [0.05, 0.1) is 0 Å². The zero-order valence-electron chi connectivity index (χ0n) is 14.9. The van der Waals surface area contributed by atoms with Crippen molar-refractivity contribution in [1.82, 2.24) is 18.2 Å². The summed E-state index contributed by atoms with van der Waals surface area (Å²) in [7, 11) is 0. The van der Waals surface area contributed by atoms with E-state index in [-0.39, 0.29) is 34.7 Å². The summed E-state index contributed by atoms with van der Waals surface area (Å²) in [5.41, 5.74) is 0. The van der Waals surface area contributed by atoms with E-state index in [0.29, 0.717) is 11.2 Å². The molecule has 0 aromatic rings. The zero-order valence-corrected chi connectivity index (χ0v) is 17.0. The van der Waals surface area contributed by atoms with E-state index in [4.69, 9.17) is 0 Å². The predicted molar refractivity (Wildman–Crippen MR) is 92.4 cm³/mol. The molecule has 146 valence electrons. The van der Waals surface area contributed by atoms with Gasteiger partial charge in [0.2, 0.25) is 0 Å². The van der Waals surface area contributed by atoms with E-state index in [2.05, 4.69) is 18.2 Å². The molecule has 0 saturated carbocycles. The Morgan fingerprint density at radius 3 is 1.83 bits per heavy atom. The van der Waals surface area contributed by atoms with Gasteiger partial charge in [-0.1, -0.05) is 0 Å². The van der Waals surface area contributed by atoms with Crippen molar-refractivity contribution in [2.75, 3.05) is 83.3 Å². The van der Waals surface area contributed by atoms with Gasteiger partial charge in [-0.3, -0.25) is 0 Å². The van der Waals surface area contributed by atoms with Crippen LogP contribution in [-0.2, 0) is 0 Å². The van der Waals surface area contributed by atoms with Crippen LogP contribution < -0.4 is 26.8 Å². The van der Waals surface area contributed by atoms with Crippen molar-refractivity contribution in [3.63, 3.8) is 0 Å². The third-order valence-electron chi connectivity index (χ3n) is 4.24. The summed E-state index contributed by atoms with van der Waals surface area (Å²) in [5.74, 6) is 0. The summed E-state index contributed by atoms with van der Waals surface area (Å²) < 4.78 is 2.76. The van der Waals surface area contributed by atoms with Crippen LogP contribution >= 0.6 is 0 Å². The molecule has 0 spiro atoms. The number of nitrogens with one attached hydrogen (secondary N) is 1. The first-order valence-electron chi connectivity index (χ1n) is 9.12. The van der Waals surface area contributed by atoms with E-state index >= 15 is 0 Å². The molecule has 0 atom stereocenters. The van der Waals surface area contributed by atoms with Crippen molar-refractivity contribution in [2.24, 2.45) is 0 Å². The molecule has 0 aromatic carbocycles. The van der Waals surface area contributed by atoms with Crippen LogP contribution in [0.1, 0.15) is 19.3 Å². The third kappa shape index (κ3) is 11.1. The van der Waals surface area contributed by atoms with Crippen LogP contribution in [0.2, 0.25) is 0 Å². The molecule has 1 rings (SSSR count). The number of aliphatic hydroxyl groups is 3. The van der Waals surface area contributed by atoms with Gasteiger partial charge in [0.15, 0.2) is 0 Å². The van der Waals surface area contributed by atoms with Gasteiger partial charge in [-0.15, -0.1) is 0 Å². The van der Waals surface area contributed by atoms with Crippen molar-refractivity contribution in [1.29, 1.82) is 0 Å². The molecule has 8 heteroatoms. The molecule has 0 bridgehead atoms. The minimum atomic E-state index is -0.256. The van der Waals surface area contributed by atoms with E-state index < -0.39 is 0 Å². The Balaban J connectivity index is 2.53. The van der Waals surface area contributed by atoms with Crippen molar-refractivity contribution in [3.05, 3.63) is 0 Å². The number of halogens is 1. The Bertz CT molecular complexity index is 290. The van der Waals surface area contributed by atoms with Crippen molar-refractivity contribution < 1.29 is 36.8 Å². The fourth-order valence-electron chi connectivity index (χ4n) is 2.94. The summed E-state index contributed by atoms with van der Waals surface area (Å²) in [6.45, 7) is 9.83. The fraction of sp³-hybridized carbons (Fsp3) is 1.00. The van der Waals surface area contributed by atoms with Gasteiger partial charge in [-0.25, -0.2) is 0 Å². The molecule has 1 fully saturated rings. The Kier molecular flexibility index (Phi) is 14.7. The van der Waals surface area contributed by atoms with Crippen LogP contribution in [0.25, 0.3) is 0 Å². The minimum absolute atomic E-state index is 0.192. The summed E-state index contributed by atoms with van der Waals surface area (Å²) in [6, 6.07) is 0. The van der Waals surface area contributed by atoms with E-state index in [1.807, 2.05) is 0 Å². The molecule has 0 unspecified atom stereocenters. The maximum atomic E-state index is 9.29. The second-order valence-corrected chi connectivity index (χ2v) is 8.82. The number of alkyl halides is 1.